The minimum Gasteiger partial charge on any atom is -0.486 e. The van der Waals surface area contributed by atoms with Crippen molar-refractivity contribution in [3.8, 4) is 11.5 Å². The molecule has 2 aromatic rings. The molecule has 0 saturated heterocycles. The Morgan fingerprint density at radius 3 is 2.81 bits per heavy atom. The summed E-state index contributed by atoms with van der Waals surface area (Å²) in [7, 11) is 1.76. The minimum absolute atomic E-state index is 0.536. The summed E-state index contributed by atoms with van der Waals surface area (Å²) in [4.78, 5) is 9.94. The molecule has 0 fully saturated rings. The molecule has 0 aliphatic carbocycles. The molecule has 140 valence electrons. The third-order valence-corrected chi connectivity index (χ3v) is 5.36. The van der Waals surface area contributed by atoms with Gasteiger partial charge >= 0.3 is 0 Å². The third-order valence-electron chi connectivity index (χ3n) is 4.00. The molecule has 26 heavy (non-hydrogen) atoms. The van der Waals surface area contributed by atoms with Crippen LogP contribution < -0.4 is 20.1 Å². The molecule has 0 unspecified atom stereocenters. The van der Waals surface area contributed by atoms with Gasteiger partial charge in [0.1, 0.15) is 13.2 Å². The lowest BCUT2D eigenvalue weighted by Crippen LogP contribution is -2.37. The fraction of sp³-hybridized carbons (Fsp3) is 0.444. The second kappa shape index (κ2) is 8.60. The van der Waals surface area contributed by atoms with Crippen LogP contribution >= 0.6 is 22.9 Å². The highest BCUT2D eigenvalue weighted by atomic mass is 35.5. The van der Waals surface area contributed by atoms with E-state index in [0.717, 1.165) is 40.9 Å². The van der Waals surface area contributed by atoms with Crippen LogP contribution in [0, 0.1) is 13.8 Å². The lowest BCUT2D eigenvalue weighted by molar-refractivity contribution is 0.171. The molecule has 1 aliphatic rings. The maximum Gasteiger partial charge on any atom is 0.191 e. The largest absolute Gasteiger partial charge is 0.486 e. The van der Waals surface area contributed by atoms with Crippen molar-refractivity contribution in [2.24, 2.45) is 4.99 Å². The Morgan fingerprint density at radius 2 is 2.08 bits per heavy atom. The third kappa shape index (κ3) is 4.59. The van der Waals surface area contributed by atoms with Crippen molar-refractivity contribution in [3.05, 3.63) is 38.3 Å². The van der Waals surface area contributed by atoms with Gasteiger partial charge in [0.25, 0.3) is 0 Å². The number of benzene rings is 1. The van der Waals surface area contributed by atoms with Crippen LogP contribution in [0.2, 0.25) is 5.02 Å². The average molecular weight is 395 g/mol. The van der Waals surface area contributed by atoms with Gasteiger partial charge in [-0.05, 0) is 38.0 Å². The van der Waals surface area contributed by atoms with Gasteiger partial charge in [-0.2, -0.15) is 0 Å². The first-order chi connectivity index (χ1) is 12.6. The Bertz CT molecular complexity index is 807. The molecule has 6 nitrogen and oxygen atoms in total. The monoisotopic (exact) mass is 394 g/mol. The summed E-state index contributed by atoms with van der Waals surface area (Å²) < 4.78 is 11.2. The average Bonchev–Trinajstić information content (AvgIpc) is 2.95. The van der Waals surface area contributed by atoms with Gasteiger partial charge in [0.2, 0.25) is 0 Å². The van der Waals surface area contributed by atoms with E-state index in [1.165, 1.54) is 4.88 Å². The number of guanidine groups is 1. The van der Waals surface area contributed by atoms with E-state index in [4.69, 9.17) is 21.1 Å². The normalized spacial score (nSPS) is 13.6. The van der Waals surface area contributed by atoms with Gasteiger partial charge in [0.05, 0.1) is 22.3 Å². The summed E-state index contributed by atoms with van der Waals surface area (Å²) in [6.45, 7) is 6.59. The Morgan fingerprint density at radius 1 is 1.27 bits per heavy atom. The number of aliphatic imine (C=N–C) groups is 1. The number of ether oxygens (including phenoxy) is 2. The molecular weight excluding hydrogens is 372 g/mol. The van der Waals surface area contributed by atoms with Crippen LogP contribution in [0.15, 0.2) is 17.1 Å². The zero-order valence-electron chi connectivity index (χ0n) is 15.2. The fourth-order valence-electron chi connectivity index (χ4n) is 2.76. The maximum atomic E-state index is 6.28. The van der Waals surface area contributed by atoms with Crippen LogP contribution in [0.3, 0.4) is 0 Å². The van der Waals surface area contributed by atoms with E-state index in [1.807, 2.05) is 26.0 Å². The van der Waals surface area contributed by atoms with E-state index in [9.17, 15) is 0 Å². The number of hydrogen-bond acceptors (Lipinski definition) is 5. The molecule has 1 aromatic heterocycles. The van der Waals surface area contributed by atoms with Crippen LogP contribution in [0.1, 0.15) is 21.1 Å². The molecule has 2 N–H and O–H groups in total. The number of fused-ring (bicyclic) bond motifs is 1. The lowest BCUT2D eigenvalue weighted by atomic mass is 10.1. The van der Waals surface area contributed by atoms with E-state index in [0.29, 0.717) is 30.5 Å². The van der Waals surface area contributed by atoms with E-state index < -0.39 is 0 Å². The van der Waals surface area contributed by atoms with Crippen molar-refractivity contribution in [2.75, 3.05) is 26.8 Å². The van der Waals surface area contributed by atoms with Crippen LogP contribution in [-0.4, -0.2) is 37.7 Å². The Balaban J connectivity index is 1.51. The highest BCUT2D eigenvalue weighted by Gasteiger charge is 2.16. The number of nitrogens with one attached hydrogen (secondary N) is 2. The van der Waals surface area contributed by atoms with Gasteiger partial charge in [0, 0.05) is 18.5 Å². The molecular formula is C18H23ClN4O2S. The Hall–Kier alpha value is -1.99. The minimum atomic E-state index is 0.536. The van der Waals surface area contributed by atoms with Crippen molar-refractivity contribution in [1.82, 2.24) is 15.6 Å². The highest BCUT2D eigenvalue weighted by Crippen LogP contribution is 2.38. The maximum absolute atomic E-state index is 6.28. The molecule has 2 heterocycles. The van der Waals surface area contributed by atoms with Gasteiger partial charge in [-0.1, -0.05) is 11.6 Å². The van der Waals surface area contributed by atoms with Crippen LogP contribution in [0.25, 0.3) is 0 Å². The van der Waals surface area contributed by atoms with E-state index in [1.54, 1.807) is 18.4 Å². The van der Waals surface area contributed by atoms with Gasteiger partial charge < -0.3 is 20.1 Å². The highest BCUT2D eigenvalue weighted by molar-refractivity contribution is 7.11. The molecule has 3 rings (SSSR count). The number of aryl methyl sites for hydroxylation is 2. The number of aromatic nitrogens is 1. The van der Waals surface area contributed by atoms with Crippen molar-refractivity contribution < 1.29 is 9.47 Å². The SMILES string of the molecule is CN=C(NCCc1cc(Cl)c2c(c1)OCCO2)NCc1sc(C)nc1C. The number of rotatable bonds is 5. The van der Waals surface area contributed by atoms with E-state index in [-0.39, 0.29) is 0 Å². The van der Waals surface area contributed by atoms with Gasteiger partial charge in [-0.25, -0.2) is 4.98 Å². The molecule has 0 amide bonds. The quantitative estimate of drug-likeness (QED) is 0.602. The first-order valence-corrected chi connectivity index (χ1v) is 9.71. The van der Waals surface area contributed by atoms with E-state index in [2.05, 4.69) is 20.6 Å². The van der Waals surface area contributed by atoms with Crippen LogP contribution in [0.4, 0.5) is 0 Å². The Kier molecular flexibility index (Phi) is 6.21. The first-order valence-electron chi connectivity index (χ1n) is 8.52. The second-order valence-electron chi connectivity index (χ2n) is 5.95. The predicted molar refractivity (Wildman–Crippen MR) is 106 cm³/mol. The fourth-order valence-corrected chi connectivity index (χ4v) is 3.92. The van der Waals surface area contributed by atoms with Crippen LogP contribution in [0.5, 0.6) is 11.5 Å². The molecule has 8 heteroatoms. The van der Waals surface area contributed by atoms with Crippen molar-refractivity contribution >= 4 is 28.9 Å². The number of nitrogens with zero attached hydrogens (tertiary/aromatic N) is 2. The molecule has 0 spiro atoms. The number of thiazole rings is 1. The van der Waals surface area contributed by atoms with Gasteiger partial charge in [-0.3, -0.25) is 4.99 Å². The molecule has 0 bridgehead atoms. The summed E-state index contributed by atoms with van der Waals surface area (Å²) in [6.07, 6.45) is 0.801. The van der Waals surface area contributed by atoms with Crippen molar-refractivity contribution in [3.63, 3.8) is 0 Å². The lowest BCUT2D eigenvalue weighted by Gasteiger charge is -2.20. The summed E-state index contributed by atoms with van der Waals surface area (Å²) >= 11 is 7.99. The van der Waals surface area contributed by atoms with Crippen LogP contribution in [-0.2, 0) is 13.0 Å². The predicted octanol–water partition coefficient (Wildman–Crippen LogP) is 3.09. The summed E-state index contributed by atoms with van der Waals surface area (Å²) in [5, 5.41) is 8.32. The summed E-state index contributed by atoms with van der Waals surface area (Å²) in [6, 6.07) is 3.91. The molecule has 0 atom stereocenters. The molecule has 0 radical (unpaired) electrons. The number of hydrogen-bond donors (Lipinski definition) is 2. The standard InChI is InChI=1S/C18H23ClN4O2S/c1-11-16(26-12(2)23-11)10-22-18(20-3)21-5-4-13-8-14(19)17-15(9-13)24-6-7-25-17/h8-9H,4-7,10H2,1-3H3,(H2,20,21,22). The zero-order chi connectivity index (χ0) is 18.5. The number of halogens is 1. The van der Waals surface area contributed by atoms with Gasteiger partial charge in [0.15, 0.2) is 17.5 Å². The summed E-state index contributed by atoms with van der Waals surface area (Å²) in [5.41, 5.74) is 2.16. The molecule has 0 saturated carbocycles. The van der Waals surface area contributed by atoms with Crippen molar-refractivity contribution in [1.29, 1.82) is 0 Å². The van der Waals surface area contributed by atoms with Crippen molar-refractivity contribution in [2.45, 2.75) is 26.8 Å². The second-order valence-corrected chi connectivity index (χ2v) is 7.64. The zero-order valence-corrected chi connectivity index (χ0v) is 16.8. The smallest absolute Gasteiger partial charge is 0.191 e. The first kappa shape index (κ1) is 18.8. The van der Waals surface area contributed by atoms with Gasteiger partial charge in [-0.15, -0.1) is 11.3 Å². The topological polar surface area (TPSA) is 67.8 Å². The molecule has 1 aliphatic heterocycles. The molecule has 1 aromatic carbocycles. The Labute approximate surface area is 162 Å². The van der Waals surface area contributed by atoms with E-state index >= 15 is 0 Å². The summed E-state index contributed by atoms with van der Waals surface area (Å²) in [5.74, 6) is 2.12.